The van der Waals surface area contributed by atoms with Gasteiger partial charge in [0.2, 0.25) is 0 Å². The van der Waals surface area contributed by atoms with Crippen molar-refractivity contribution in [3.63, 3.8) is 0 Å². The second-order valence-corrected chi connectivity index (χ2v) is 4.94. The number of rotatable bonds is 4. The summed E-state index contributed by atoms with van der Waals surface area (Å²) >= 11 is 0. The third-order valence-electron chi connectivity index (χ3n) is 3.57. The second kappa shape index (κ2) is 5.33. The monoisotopic (exact) mass is 290 g/mol. The van der Waals surface area contributed by atoms with Crippen LogP contribution in [-0.4, -0.2) is 25.1 Å². The van der Waals surface area contributed by atoms with Crippen LogP contribution in [0.2, 0.25) is 0 Å². The Morgan fingerprint density at radius 1 is 1.05 bits per heavy atom. The number of para-hydroxylation sites is 1. The van der Waals surface area contributed by atoms with Gasteiger partial charge in [0.1, 0.15) is 11.6 Å². The van der Waals surface area contributed by atoms with E-state index in [1.807, 2.05) is 30.5 Å². The van der Waals surface area contributed by atoms with E-state index in [0.29, 0.717) is 6.54 Å². The van der Waals surface area contributed by atoms with Crippen molar-refractivity contribution in [2.45, 2.75) is 6.54 Å². The summed E-state index contributed by atoms with van der Waals surface area (Å²) < 4.78 is 0. The highest BCUT2D eigenvalue weighted by atomic mass is 15.1. The van der Waals surface area contributed by atoms with Crippen LogP contribution in [-0.2, 0) is 6.54 Å². The Morgan fingerprint density at radius 3 is 2.95 bits per heavy atom. The van der Waals surface area contributed by atoms with Gasteiger partial charge in [-0.05, 0) is 17.7 Å². The van der Waals surface area contributed by atoms with Crippen LogP contribution in [0.4, 0.5) is 5.82 Å². The Labute approximate surface area is 126 Å². The van der Waals surface area contributed by atoms with Crippen LogP contribution >= 0.6 is 0 Å². The van der Waals surface area contributed by atoms with Crippen LogP contribution in [0.25, 0.3) is 22.3 Å². The molecule has 0 fully saturated rings. The molecular weight excluding hydrogens is 276 g/mol. The molecule has 3 aromatic heterocycles. The molecule has 0 radical (unpaired) electrons. The maximum Gasteiger partial charge on any atom is 0.141 e. The fraction of sp³-hybridized carbons (Fsp3) is 0.0625. The van der Waals surface area contributed by atoms with Gasteiger partial charge in [-0.2, -0.15) is 5.10 Å². The van der Waals surface area contributed by atoms with Gasteiger partial charge in [0.15, 0.2) is 0 Å². The fourth-order valence-corrected chi connectivity index (χ4v) is 2.51. The molecule has 4 rings (SSSR count). The zero-order valence-electron chi connectivity index (χ0n) is 11.7. The Balaban J connectivity index is 1.64. The van der Waals surface area contributed by atoms with Gasteiger partial charge in [0, 0.05) is 30.5 Å². The largest absolute Gasteiger partial charge is 0.365 e. The standard InChI is InChI=1S/C16H14N6/c1-3-11(14-12(4-1)10-21-22-14)9-20-16-13(5-2-6-17-16)15-18-7-8-19-15/h1-8,10H,9H2,(H,17,20)(H,18,19)(H,21,22). The van der Waals surface area contributed by atoms with Gasteiger partial charge in [0.05, 0.1) is 17.3 Å². The van der Waals surface area contributed by atoms with Crippen molar-refractivity contribution in [2.24, 2.45) is 0 Å². The third kappa shape index (κ3) is 2.20. The molecule has 0 saturated heterocycles. The SMILES string of the molecule is c1cnc(NCc2cccc3cn[nH]c23)c(-c2ncc[nH]2)c1. The van der Waals surface area contributed by atoms with Gasteiger partial charge < -0.3 is 10.3 Å². The number of nitrogens with one attached hydrogen (secondary N) is 3. The van der Waals surface area contributed by atoms with Crippen LogP contribution in [0.5, 0.6) is 0 Å². The molecule has 22 heavy (non-hydrogen) atoms. The number of aromatic nitrogens is 5. The van der Waals surface area contributed by atoms with Crippen LogP contribution < -0.4 is 5.32 Å². The average Bonchev–Trinajstić information content (AvgIpc) is 3.24. The van der Waals surface area contributed by atoms with E-state index in [0.717, 1.165) is 33.7 Å². The quantitative estimate of drug-likeness (QED) is 0.539. The number of pyridine rings is 1. The van der Waals surface area contributed by atoms with Gasteiger partial charge >= 0.3 is 0 Å². The van der Waals surface area contributed by atoms with Gasteiger partial charge in [-0.1, -0.05) is 18.2 Å². The van der Waals surface area contributed by atoms with E-state index in [1.165, 1.54) is 0 Å². The maximum atomic E-state index is 4.42. The molecule has 0 aliphatic heterocycles. The highest BCUT2D eigenvalue weighted by Crippen LogP contribution is 2.23. The van der Waals surface area contributed by atoms with E-state index in [2.05, 4.69) is 36.5 Å². The molecule has 0 aliphatic carbocycles. The number of aromatic amines is 2. The van der Waals surface area contributed by atoms with Crippen molar-refractivity contribution in [2.75, 3.05) is 5.32 Å². The molecule has 0 saturated carbocycles. The first-order valence-corrected chi connectivity index (χ1v) is 7.01. The van der Waals surface area contributed by atoms with Gasteiger partial charge in [-0.3, -0.25) is 5.10 Å². The minimum atomic E-state index is 0.657. The number of H-pyrrole nitrogens is 2. The summed E-state index contributed by atoms with van der Waals surface area (Å²) in [5.41, 5.74) is 3.14. The number of anilines is 1. The van der Waals surface area contributed by atoms with Crippen molar-refractivity contribution in [3.05, 3.63) is 60.7 Å². The molecule has 4 aromatic rings. The third-order valence-corrected chi connectivity index (χ3v) is 3.57. The second-order valence-electron chi connectivity index (χ2n) is 4.94. The van der Waals surface area contributed by atoms with Gasteiger partial charge in [-0.15, -0.1) is 0 Å². The summed E-state index contributed by atoms with van der Waals surface area (Å²) in [4.78, 5) is 11.8. The molecule has 0 bridgehead atoms. The van der Waals surface area contributed by atoms with Crippen LogP contribution in [0.3, 0.4) is 0 Å². The predicted octanol–water partition coefficient (Wildman–Crippen LogP) is 2.96. The van der Waals surface area contributed by atoms with Crippen LogP contribution in [0, 0.1) is 0 Å². The first-order valence-electron chi connectivity index (χ1n) is 7.01. The number of hydrogen-bond acceptors (Lipinski definition) is 4. The first-order chi connectivity index (χ1) is 10.9. The Hall–Kier alpha value is -3.15. The Bertz CT molecular complexity index is 894. The summed E-state index contributed by atoms with van der Waals surface area (Å²) in [7, 11) is 0. The number of imidazole rings is 1. The zero-order valence-corrected chi connectivity index (χ0v) is 11.7. The van der Waals surface area contributed by atoms with Crippen molar-refractivity contribution < 1.29 is 0 Å². The molecule has 0 unspecified atom stereocenters. The fourth-order valence-electron chi connectivity index (χ4n) is 2.51. The lowest BCUT2D eigenvalue weighted by molar-refractivity contribution is 1.08. The minimum Gasteiger partial charge on any atom is -0.365 e. The lowest BCUT2D eigenvalue weighted by Crippen LogP contribution is -2.03. The van der Waals surface area contributed by atoms with Gasteiger partial charge in [-0.25, -0.2) is 9.97 Å². The minimum absolute atomic E-state index is 0.657. The lowest BCUT2D eigenvalue weighted by Gasteiger charge is -2.10. The molecule has 6 heteroatoms. The Morgan fingerprint density at radius 2 is 2.05 bits per heavy atom. The Kier molecular flexibility index (Phi) is 3.05. The van der Waals surface area contributed by atoms with E-state index >= 15 is 0 Å². The van der Waals surface area contributed by atoms with Crippen LogP contribution in [0.15, 0.2) is 55.1 Å². The average molecular weight is 290 g/mol. The zero-order chi connectivity index (χ0) is 14.8. The first kappa shape index (κ1) is 12.6. The molecular formula is C16H14N6. The number of nitrogens with zero attached hydrogens (tertiary/aromatic N) is 3. The van der Waals surface area contributed by atoms with Crippen molar-refractivity contribution >= 4 is 16.7 Å². The molecule has 108 valence electrons. The number of fused-ring (bicyclic) bond motifs is 1. The summed E-state index contributed by atoms with van der Waals surface area (Å²) in [6, 6.07) is 10.0. The number of benzene rings is 1. The molecule has 3 heterocycles. The highest BCUT2D eigenvalue weighted by molar-refractivity contribution is 5.81. The molecule has 1 aromatic carbocycles. The van der Waals surface area contributed by atoms with Crippen molar-refractivity contribution in [3.8, 4) is 11.4 Å². The molecule has 0 aliphatic rings. The van der Waals surface area contributed by atoms with E-state index in [-0.39, 0.29) is 0 Å². The summed E-state index contributed by atoms with van der Waals surface area (Å²) in [6.45, 7) is 0.657. The molecule has 6 nitrogen and oxygen atoms in total. The van der Waals surface area contributed by atoms with E-state index in [4.69, 9.17) is 0 Å². The molecule has 0 amide bonds. The summed E-state index contributed by atoms with van der Waals surface area (Å²) in [5.74, 6) is 1.60. The number of hydrogen-bond donors (Lipinski definition) is 3. The normalized spacial score (nSPS) is 10.9. The van der Waals surface area contributed by atoms with Crippen LogP contribution in [0.1, 0.15) is 5.56 Å². The smallest absolute Gasteiger partial charge is 0.141 e. The van der Waals surface area contributed by atoms with E-state index in [9.17, 15) is 0 Å². The molecule has 0 atom stereocenters. The highest BCUT2D eigenvalue weighted by Gasteiger charge is 2.09. The molecule has 0 spiro atoms. The van der Waals surface area contributed by atoms with Gasteiger partial charge in [0.25, 0.3) is 0 Å². The topological polar surface area (TPSA) is 82.3 Å². The lowest BCUT2D eigenvalue weighted by atomic mass is 10.1. The summed E-state index contributed by atoms with van der Waals surface area (Å²) in [6.07, 6.45) is 7.13. The van der Waals surface area contributed by atoms with Crippen molar-refractivity contribution in [1.82, 2.24) is 25.1 Å². The predicted molar refractivity (Wildman–Crippen MR) is 85.2 cm³/mol. The van der Waals surface area contributed by atoms with Crippen molar-refractivity contribution in [1.29, 1.82) is 0 Å². The summed E-state index contributed by atoms with van der Waals surface area (Å²) in [5, 5.41) is 11.6. The van der Waals surface area contributed by atoms with E-state index in [1.54, 1.807) is 18.6 Å². The molecule has 3 N–H and O–H groups in total. The van der Waals surface area contributed by atoms with E-state index < -0.39 is 0 Å². The maximum absolute atomic E-state index is 4.42.